The largest absolute Gasteiger partial charge is 0.392 e. The Hall–Kier alpha value is -1.07. The molecule has 30 heavy (non-hydrogen) atoms. The summed E-state index contributed by atoms with van der Waals surface area (Å²) in [5.41, 5.74) is 0.158. The van der Waals surface area contributed by atoms with Gasteiger partial charge in [-0.1, -0.05) is 19.4 Å². The zero-order valence-corrected chi connectivity index (χ0v) is 19.0. The number of rotatable bonds is 12. The number of amides is 1. The molecule has 1 saturated heterocycles. The molecule has 0 unspecified atom stereocenters. The van der Waals surface area contributed by atoms with Gasteiger partial charge >= 0.3 is 0 Å². The number of methoxy groups -OCH3 is 3. The van der Waals surface area contributed by atoms with Gasteiger partial charge in [0, 0.05) is 39.6 Å². The maximum Gasteiger partial charge on any atom is 0.253 e. The first-order valence-corrected chi connectivity index (χ1v) is 10.2. The number of ether oxygens (including phenoxy) is 4. The van der Waals surface area contributed by atoms with Crippen molar-refractivity contribution in [3.63, 3.8) is 0 Å². The number of aliphatic hydroxyl groups is 3. The lowest BCUT2D eigenvalue weighted by atomic mass is 9.74. The highest BCUT2D eigenvalue weighted by atomic mass is 16.6. The zero-order chi connectivity index (χ0) is 23.1. The van der Waals surface area contributed by atoms with Crippen LogP contribution in [0.5, 0.6) is 0 Å². The number of nitrogens with one attached hydrogen (secondary N) is 1. The lowest BCUT2D eigenvalue weighted by Gasteiger charge is -2.47. The summed E-state index contributed by atoms with van der Waals surface area (Å²) in [5.74, 6) is -0.672. The number of hydrogen-bond donors (Lipinski definition) is 4. The third-order valence-corrected chi connectivity index (χ3v) is 5.68. The van der Waals surface area contributed by atoms with E-state index in [0.29, 0.717) is 6.42 Å². The van der Waals surface area contributed by atoms with E-state index in [1.807, 2.05) is 13.8 Å². The summed E-state index contributed by atoms with van der Waals surface area (Å²) in [4.78, 5) is 12.6. The van der Waals surface area contributed by atoms with Crippen LogP contribution in [0.25, 0.3) is 0 Å². The molecular weight excluding hydrogens is 394 g/mol. The van der Waals surface area contributed by atoms with E-state index in [-0.39, 0.29) is 19.4 Å². The van der Waals surface area contributed by atoms with Gasteiger partial charge in [0.15, 0.2) is 12.3 Å². The van der Waals surface area contributed by atoms with Crippen molar-refractivity contribution in [1.82, 2.24) is 5.32 Å². The standard InChI is InChI=1S/C21H39NO8/c1-12(2)8-14(28-6)18(25)19(26)22-20(29-7)15-10-16(24)21(3,4)17(30-15)9-13(23)11-27-5/h13-18,20,23-25H,1,8-11H2,2-7H3,(H,22,26)/t13-,14-,15-,16+,17+,18-,20+/m0/s1. The molecule has 0 bridgehead atoms. The quantitative estimate of drug-likeness (QED) is 0.257. The molecule has 0 saturated carbocycles. The average molecular weight is 434 g/mol. The van der Waals surface area contributed by atoms with Gasteiger partial charge < -0.3 is 39.6 Å². The molecule has 9 nitrogen and oxygen atoms in total. The first kappa shape index (κ1) is 27.0. The van der Waals surface area contributed by atoms with E-state index in [0.717, 1.165) is 5.57 Å². The first-order chi connectivity index (χ1) is 14.0. The van der Waals surface area contributed by atoms with Gasteiger partial charge in [-0.3, -0.25) is 4.79 Å². The lowest BCUT2D eigenvalue weighted by Crippen LogP contribution is -2.59. The molecule has 1 aliphatic rings. The fourth-order valence-electron chi connectivity index (χ4n) is 3.61. The molecule has 0 aromatic heterocycles. The van der Waals surface area contributed by atoms with Gasteiger partial charge in [0.1, 0.15) is 6.10 Å². The molecule has 1 amide bonds. The molecule has 0 spiro atoms. The predicted molar refractivity (Wildman–Crippen MR) is 111 cm³/mol. The highest BCUT2D eigenvalue weighted by molar-refractivity contribution is 5.81. The molecule has 7 atom stereocenters. The predicted octanol–water partition coefficient (Wildman–Crippen LogP) is 0.359. The fraction of sp³-hybridized carbons (Fsp3) is 0.857. The summed E-state index contributed by atoms with van der Waals surface area (Å²) in [7, 11) is 4.32. The third-order valence-electron chi connectivity index (χ3n) is 5.68. The van der Waals surface area contributed by atoms with Crippen LogP contribution in [0.3, 0.4) is 0 Å². The smallest absolute Gasteiger partial charge is 0.253 e. The van der Waals surface area contributed by atoms with Crippen molar-refractivity contribution >= 4 is 5.91 Å². The summed E-state index contributed by atoms with van der Waals surface area (Å²) in [5, 5.41) is 33.8. The second-order valence-electron chi connectivity index (χ2n) is 8.63. The number of carbonyl (C=O) groups is 1. The van der Waals surface area contributed by atoms with E-state index in [9.17, 15) is 20.1 Å². The summed E-state index contributed by atoms with van der Waals surface area (Å²) >= 11 is 0. The van der Waals surface area contributed by atoms with Crippen molar-refractivity contribution in [2.24, 2.45) is 5.41 Å². The second-order valence-corrected chi connectivity index (χ2v) is 8.63. The molecule has 0 radical (unpaired) electrons. The highest BCUT2D eigenvalue weighted by Crippen LogP contribution is 2.39. The third kappa shape index (κ3) is 7.26. The van der Waals surface area contributed by atoms with Gasteiger partial charge in [0.25, 0.3) is 5.91 Å². The SMILES string of the molecule is C=C(C)C[C@H](OC)[C@H](O)C(=O)N[C@H](OC)[C@@H]1C[C@@H](O)C(C)(C)[C@@H](C[C@H](O)COC)O1. The Kier molecular flexibility index (Phi) is 10.9. The van der Waals surface area contributed by atoms with Crippen LogP contribution < -0.4 is 5.32 Å². The second kappa shape index (κ2) is 12.1. The summed E-state index contributed by atoms with van der Waals surface area (Å²) in [6.07, 6.45) is -4.93. The molecule has 9 heteroatoms. The number of carbonyl (C=O) groups excluding carboxylic acids is 1. The number of hydrogen-bond acceptors (Lipinski definition) is 8. The molecule has 1 heterocycles. The normalized spacial score (nSPS) is 27.7. The van der Waals surface area contributed by atoms with E-state index in [2.05, 4.69) is 11.9 Å². The topological polar surface area (TPSA) is 127 Å². The Bertz CT molecular complexity index is 555. The maximum absolute atomic E-state index is 12.6. The number of aliphatic hydroxyl groups excluding tert-OH is 3. The van der Waals surface area contributed by atoms with Crippen LogP contribution in [0.15, 0.2) is 12.2 Å². The van der Waals surface area contributed by atoms with Crippen molar-refractivity contribution in [2.75, 3.05) is 27.9 Å². The highest BCUT2D eigenvalue weighted by Gasteiger charge is 2.47. The zero-order valence-electron chi connectivity index (χ0n) is 19.0. The van der Waals surface area contributed by atoms with E-state index in [1.165, 1.54) is 21.3 Å². The maximum atomic E-state index is 12.6. The molecule has 1 aliphatic heterocycles. The molecule has 1 rings (SSSR count). The first-order valence-electron chi connectivity index (χ1n) is 10.2. The van der Waals surface area contributed by atoms with Gasteiger partial charge in [-0.25, -0.2) is 0 Å². The van der Waals surface area contributed by atoms with E-state index in [1.54, 1.807) is 6.92 Å². The van der Waals surface area contributed by atoms with E-state index < -0.39 is 54.2 Å². The van der Waals surface area contributed by atoms with Crippen molar-refractivity contribution < 1.29 is 39.1 Å². The van der Waals surface area contributed by atoms with Crippen molar-refractivity contribution in [2.45, 2.75) is 82.9 Å². The van der Waals surface area contributed by atoms with Crippen molar-refractivity contribution in [3.05, 3.63) is 12.2 Å². The van der Waals surface area contributed by atoms with Gasteiger partial charge in [0.05, 0.1) is 31.0 Å². The molecule has 176 valence electrons. The molecular formula is C21H39NO8. The Morgan fingerprint density at radius 2 is 1.90 bits per heavy atom. The van der Waals surface area contributed by atoms with Gasteiger partial charge in [-0.05, 0) is 13.3 Å². The monoisotopic (exact) mass is 433 g/mol. The molecule has 4 N–H and O–H groups in total. The fourth-order valence-corrected chi connectivity index (χ4v) is 3.61. The lowest BCUT2D eigenvalue weighted by molar-refractivity contribution is -0.215. The van der Waals surface area contributed by atoms with Crippen molar-refractivity contribution in [1.29, 1.82) is 0 Å². The Morgan fingerprint density at radius 1 is 1.27 bits per heavy atom. The summed E-state index contributed by atoms with van der Waals surface area (Å²) in [6, 6.07) is 0. The molecule has 0 aromatic rings. The summed E-state index contributed by atoms with van der Waals surface area (Å²) in [6.45, 7) is 9.44. The van der Waals surface area contributed by atoms with Crippen LogP contribution in [-0.4, -0.2) is 92.0 Å². The van der Waals surface area contributed by atoms with Crippen LogP contribution in [0.2, 0.25) is 0 Å². The minimum atomic E-state index is -1.42. The van der Waals surface area contributed by atoms with Gasteiger partial charge in [-0.2, -0.15) is 0 Å². The molecule has 1 fully saturated rings. The summed E-state index contributed by atoms with van der Waals surface area (Å²) < 4.78 is 21.7. The molecule has 0 aliphatic carbocycles. The van der Waals surface area contributed by atoms with Crippen LogP contribution >= 0.6 is 0 Å². The minimum Gasteiger partial charge on any atom is -0.392 e. The minimum absolute atomic E-state index is 0.147. The Morgan fingerprint density at radius 3 is 2.40 bits per heavy atom. The van der Waals surface area contributed by atoms with Crippen molar-refractivity contribution in [3.8, 4) is 0 Å². The van der Waals surface area contributed by atoms with Gasteiger partial charge in [0.2, 0.25) is 0 Å². The van der Waals surface area contributed by atoms with Crippen LogP contribution in [-0.2, 0) is 23.7 Å². The van der Waals surface area contributed by atoms with Gasteiger partial charge in [-0.15, -0.1) is 6.58 Å². The Balaban J connectivity index is 2.87. The van der Waals surface area contributed by atoms with E-state index in [4.69, 9.17) is 18.9 Å². The molecule has 0 aromatic carbocycles. The van der Waals surface area contributed by atoms with Crippen LogP contribution in [0.1, 0.15) is 40.0 Å². The van der Waals surface area contributed by atoms with Crippen LogP contribution in [0.4, 0.5) is 0 Å². The average Bonchev–Trinajstić information content (AvgIpc) is 2.67. The van der Waals surface area contributed by atoms with Crippen LogP contribution in [0, 0.1) is 5.41 Å². The Labute approximate surface area is 179 Å². The van der Waals surface area contributed by atoms with E-state index >= 15 is 0 Å².